The van der Waals surface area contributed by atoms with Crippen LogP contribution in [0.25, 0.3) is 0 Å². The van der Waals surface area contributed by atoms with Crippen molar-refractivity contribution in [2.24, 2.45) is 5.41 Å². The molecule has 0 fully saturated rings. The van der Waals surface area contributed by atoms with Crippen LogP contribution in [0.1, 0.15) is 20.3 Å². The maximum Gasteiger partial charge on any atom is 0.0518 e. The Bertz CT molecular complexity index is 127. The van der Waals surface area contributed by atoms with Crippen LogP contribution in [-0.2, 0) is 4.74 Å². The highest BCUT2D eigenvalue weighted by atomic mass is 16.5. The number of aliphatic hydroxyl groups excluding tert-OH is 2. The standard InChI is InChI=1S/C10H23NO3/c1-3-14-6-4-5-11-7-10(2,8-12)9-13/h11-13H,3-9H2,1-2H3. The van der Waals surface area contributed by atoms with E-state index < -0.39 is 5.41 Å². The molecule has 14 heavy (non-hydrogen) atoms. The normalized spacial score (nSPS) is 12.0. The van der Waals surface area contributed by atoms with Gasteiger partial charge in [0, 0.05) is 25.2 Å². The quantitative estimate of drug-likeness (QED) is 0.463. The Balaban J connectivity index is 3.34. The summed E-state index contributed by atoms with van der Waals surface area (Å²) in [5.74, 6) is 0. The third-order valence-corrected chi connectivity index (χ3v) is 2.16. The first-order chi connectivity index (χ1) is 6.68. The number of nitrogens with one attached hydrogen (secondary N) is 1. The third kappa shape index (κ3) is 6.32. The lowest BCUT2D eigenvalue weighted by Crippen LogP contribution is -2.38. The van der Waals surface area contributed by atoms with Crippen molar-refractivity contribution in [1.82, 2.24) is 5.32 Å². The Morgan fingerprint density at radius 2 is 1.93 bits per heavy atom. The smallest absolute Gasteiger partial charge is 0.0518 e. The molecule has 0 aromatic rings. The summed E-state index contributed by atoms with van der Waals surface area (Å²) >= 11 is 0. The largest absolute Gasteiger partial charge is 0.396 e. The van der Waals surface area contributed by atoms with Crippen molar-refractivity contribution in [3.63, 3.8) is 0 Å². The zero-order valence-electron chi connectivity index (χ0n) is 9.25. The summed E-state index contributed by atoms with van der Waals surface area (Å²) in [4.78, 5) is 0. The fraction of sp³-hybridized carbons (Fsp3) is 1.00. The molecule has 86 valence electrons. The molecule has 0 atom stereocenters. The number of rotatable bonds is 9. The minimum absolute atomic E-state index is 0.00194. The van der Waals surface area contributed by atoms with Crippen molar-refractivity contribution in [2.45, 2.75) is 20.3 Å². The maximum atomic E-state index is 9.00. The minimum atomic E-state index is -0.411. The first-order valence-electron chi connectivity index (χ1n) is 5.18. The molecular weight excluding hydrogens is 182 g/mol. The van der Waals surface area contributed by atoms with E-state index >= 15 is 0 Å². The molecule has 0 aliphatic carbocycles. The van der Waals surface area contributed by atoms with Crippen LogP contribution in [0.15, 0.2) is 0 Å². The first kappa shape index (κ1) is 13.8. The van der Waals surface area contributed by atoms with Crippen molar-refractivity contribution < 1.29 is 14.9 Å². The van der Waals surface area contributed by atoms with E-state index in [2.05, 4.69) is 5.32 Å². The Labute approximate surface area is 86.3 Å². The molecular formula is C10H23NO3. The summed E-state index contributed by atoms with van der Waals surface area (Å²) in [6.45, 7) is 6.83. The molecule has 0 amide bonds. The van der Waals surface area contributed by atoms with Crippen LogP contribution in [0.4, 0.5) is 0 Å². The average molecular weight is 205 g/mol. The number of hydrogen-bond acceptors (Lipinski definition) is 4. The maximum absolute atomic E-state index is 9.00. The molecule has 0 rings (SSSR count). The van der Waals surface area contributed by atoms with E-state index in [9.17, 15) is 0 Å². The van der Waals surface area contributed by atoms with E-state index in [-0.39, 0.29) is 13.2 Å². The second-order valence-electron chi connectivity index (χ2n) is 3.85. The fourth-order valence-electron chi connectivity index (χ4n) is 0.996. The van der Waals surface area contributed by atoms with Gasteiger partial charge in [-0.15, -0.1) is 0 Å². The highest BCUT2D eigenvalue weighted by Crippen LogP contribution is 2.11. The molecule has 0 aliphatic rings. The van der Waals surface area contributed by atoms with E-state index in [0.717, 1.165) is 26.2 Å². The van der Waals surface area contributed by atoms with Gasteiger partial charge in [0.25, 0.3) is 0 Å². The van der Waals surface area contributed by atoms with E-state index in [1.165, 1.54) is 0 Å². The number of aliphatic hydroxyl groups is 2. The van der Waals surface area contributed by atoms with Crippen molar-refractivity contribution >= 4 is 0 Å². The van der Waals surface area contributed by atoms with Crippen molar-refractivity contribution in [3.8, 4) is 0 Å². The molecule has 4 nitrogen and oxygen atoms in total. The third-order valence-electron chi connectivity index (χ3n) is 2.16. The van der Waals surface area contributed by atoms with Gasteiger partial charge in [0.15, 0.2) is 0 Å². The Hall–Kier alpha value is -0.160. The first-order valence-corrected chi connectivity index (χ1v) is 5.18. The van der Waals surface area contributed by atoms with Crippen LogP contribution in [0.5, 0.6) is 0 Å². The van der Waals surface area contributed by atoms with E-state index in [1.54, 1.807) is 0 Å². The van der Waals surface area contributed by atoms with Gasteiger partial charge in [-0.25, -0.2) is 0 Å². The van der Waals surface area contributed by atoms with Gasteiger partial charge in [0.2, 0.25) is 0 Å². The molecule has 0 unspecified atom stereocenters. The molecule has 3 N–H and O–H groups in total. The molecule has 0 aliphatic heterocycles. The lowest BCUT2D eigenvalue weighted by molar-refractivity contribution is 0.0689. The van der Waals surface area contributed by atoms with Crippen LogP contribution in [-0.4, -0.2) is 49.7 Å². The van der Waals surface area contributed by atoms with Crippen molar-refractivity contribution in [3.05, 3.63) is 0 Å². The minimum Gasteiger partial charge on any atom is -0.396 e. The van der Waals surface area contributed by atoms with E-state index in [4.69, 9.17) is 14.9 Å². The predicted molar refractivity (Wildman–Crippen MR) is 56.3 cm³/mol. The topological polar surface area (TPSA) is 61.7 Å². The second kappa shape index (κ2) is 8.17. The van der Waals surface area contributed by atoms with Gasteiger partial charge >= 0.3 is 0 Å². The van der Waals surface area contributed by atoms with E-state index in [1.807, 2.05) is 13.8 Å². The average Bonchev–Trinajstić information content (AvgIpc) is 2.23. The van der Waals surface area contributed by atoms with Crippen LogP contribution in [0.2, 0.25) is 0 Å². The Kier molecular flexibility index (Phi) is 8.08. The van der Waals surface area contributed by atoms with Crippen molar-refractivity contribution in [1.29, 1.82) is 0 Å². The van der Waals surface area contributed by atoms with Gasteiger partial charge in [-0.3, -0.25) is 0 Å². The summed E-state index contributed by atoms with van der Waals surface area (Å²) in [5.41, 5.74) is -0.411. The SMILES string of the molecule is CCOCCCNCC(C)(CO)CO. The van der Waals surface area contributed by atoms with Crippen molar-refractivity contribution in [2.75, 3.05) is 39.5 Å². The van der Waals surface area contributed by atoms with Crippen LogP contribution >= 0.6 is 0 Å². The van der Waals surface area contributed by atoms with Gasteiger partial charge in [0.05, 0.1) is 13.2 Å². The van der Waals surface area contributed by atoms with E-state index in [0.29, 0.717) is 6.54 Å². The molecule has 0 saturated heterocycles. The number of ether oxygens (including phenoxy) is 1. The molecule has 0 bridgehead atoms. The van der Waals surface area contributed by atoms with Gasteiger partial charge < -0.3 is 20.3 Å². The predicted octanol–water partition coefficient (Wildman–Crippen LogP) is -0.00650. The molecule has 4 heteroatoms. The zero-order valence-corrected chi connectivity index (χ0v) is 9.25. The highest BCUT2D eigenvalue weighted by molar-refractivity contribution is 4.74. The fourth-order valence-corrected chi connectivity index (χ4v) is 0.996. The Morgan fingerprint density at radius 1 is 1.29 bits per heavy atom. The van der Waals surface area contributed by atoms with Crippen LogP contribution in [0.3, 0.4) is 0 Å². The van der Waals surface area contributed by atoms with Gasteiger partial charge in [-0.05, 0) is 19.9 Å². The summed E-state index contributed by atoms with van der Waals surface area (Å²) in [6, 6.07) is 0. The monoisotopic (exact) mass is 205 g/mol. The van der Waals surface area contributed by atoms with Gasteiger partial charge in [-0.2, -0.15) is 0 Å². The second-order valence-corrected chi connectivity index (χ2v) is 3.85. The Morgan fingerprint density at radius 3 is 2.43 bits per heavy atom. The summed E-state index contributed by atoms with van der Waals surface area (Å²) in [5, 5.41) is 21.2. The lowest BCUT2D eigenvalue weighted by atomic mass is 9.93. The highest BCUT2D eigenvalue weighted by Gasteiger charge is 2.21. The van der Waals surface area contributed by atoms with Crippen LogP contribution < -0.4 is 5.32 Å². The molecule has 0 aromatic heterocycles. The zero-order chi connectivity index (χ0) is 10.9. The molecule has 0 spiro atoms. The molecule has 0 saturated carbocycles. The summed E-state index contributed by atoms with van der Waals surface area (Å²) < 4.78 is 5.18. The van der Waals surface area contributed by atoms with Gasteiger partial charge in [0.1, 0.15) is 0 Å². The summed E-state index contributed by atoms with van der Waals surface area (Å²) in [6.07, 6.45) is 0.959. The molecule has 0 aromatic carbocycles. The summed E-state index contributed by atoms with van der Waals surface area (Å²) in [7, 11) is 0. The molecule has 0 heterocycles. The number of hydrogen-bond donors (Lipinski definition) is 3. The molecule has 0 radical (unpaired) electrons. The lowest BCUT2D eigenvalue weighted by Gasteiger charge is -2.24. The van der Waals surface area contributed by atoms with Gasteiger partial charge in [-0.1, -0.05) is 6.92 Å². The van der Waals surface area contributed by atoms with Crippen LogP contribution in [0, 0.1) is 5.41 Å².